The van der Waals surface area contributed by atoms with Gasteiger partial charge in [0.2, 0.25) is 5.91 Å². The molecule has 3 atom stereocenters. The average molecular weight is 301 g/mol. The van der Waals surface area contributed by atoms with E-state index in [1.165, 1.54) is 0 Å². The van der Waals surface area contributed by atoms with E-state index in [4.69, 9.17) is 15.6 Å². The molecule has 0 aromatic rings. The Morgan fingerprint density at radius 2 is 1.76 bits per heavy atom. The normalized spacial score (nSPS) is 25.8. The van der Waals surface area contributed by atoms with Crippen LogP contribution in [0.4, 0.5) is 9.59 Å². The number of carboxylic acid groups (broad SMARTS) is 1. The van der Waals surface area contributed by atoms with Gasteiger partial charge in [0.05, 0.1) is 12.1 Å². The number of amides is 3. The lowest BCUT2D eigenvalue weighted by molar-refractivity contribution is -0.123. The van der Waals surface area contributed by atoms with Gasteiger partial charge in [0.15, 0.2) is 0 Å². The van der Waals surface area contributed by atoms with Crippen molar-refractivity contribution in [1.29, 1.82) is 0 Å². The molecule has 1 aliphatic rings. The van der Waals surface area contributed by atoms with Gasteiger partial charge in [0.25, 0.3) is 0 Å². The van der Waals surface area contributed by atoms with Gasteiger partial charge in [-0.1, -0.05) is 0 Å². The van der Waals surface area contributed by atoms with Crippen molar-refractivity contribution in [2.75, 3.05) is 0 Å². The summed E-state index contributed by atoms with van der Waals surface area (Å²) in [5, 5.41) is 13.8. The molecule has 21 heavy (non-hydrogen) atoms. The molecule has 0 bridgehead atoms. The minimum absolute atomic E-state index is 0.291. The molecule has 8 nitrogen and oxygen atoms in total. The zero-order valence-corrected chi connectivity index (χ0v) is 12.5. The third-order valence-electron chi connectivity index (χ3n) is 3.26. The van der Waals surface area contributed by atoms with E-state index in [9.17, 15) is 14.4 Å². The van der Waals surface area contributed by atoms with E-state index in [-0.39, 0.29) is 5.92 Å². The molecule has 1 aliphatic carbocycles. The van der Waals surface area contributed by atoms with E-state index in [1.54, 1.807) is 20.8 Å². The van der Waals surface area contributed by atoms with Crippen LogP contribution in [0.2, 0.25) is 0 Å². The van der Waals surface area contributed by atoms with E-state index in [1.807, 2.05) is 0 Å². The first-order valence-electron chi connectivity index (χ1n) is 6.87. The molecule has 0 heterocycles. The molecule has 1 fully saturated rings. The third-order valence-corrected chi connectivity index (χ3v) is 3.26. The molecule has 0 saturated heterocycles. The summed E-state index contributed by atoms with van der Waals surface area (Å²) in [5.74, 6) is -0.823. The maximum atomic E-state index is 11.8. The number of nitrogens with two attached hydrogens (primary N) is 1. The Labute approximate surface area is 123 Å². The van der Waals surface area contributed by atoms with Crippen molar-refractivity contribution in [2.24, 2.45) is 11.7 Å². The van der Waals surface area contributed by atoms with E-state index < -0.39 is 35.8 Å². The first kappa shape index (κ1) is 17.1. The van der Waals surface area contributed by atoms with Crippen LogP contribution in [0.5, 0.6) is 0 Å². The van der Waals surface area contributed by atoms with Crippen LogP contribution in [0.3, 0.4) is 0 Å². The lowest BCUT2D eigenvalue weighted by Gasteiger charge is -2.35. The van der Waals surface area contributed by atoms with Crippen LogP contribution >= 0.6 is 0 Å². The predicted molar refractivity (Wildman–Crippen MR) is 74.6 cm³/mol. The maximum absolute atomic E-state index is 11.8. The second-order valence-electron chi connectivity index (χ2n) is 6.22. The highest BCUT2D eigenvalue weighted by atomic mass is 16.6. The molecule has 0 aromatic heterocycles. The minimum Gasteiger partial charge on any atom is -0.465 e. The highest BCUT2D eigenvalue weighted by Crippen LogP contribution is 2.25. The van der Waals surface area contributed by atoms with Crippen molar-refractivity contribution in [1.82, 2.24) is 10.6 Å². The van der Waals surface area contributed by atoms with E-state index in [0.29, 0.717) is 19.3 Å². The van der Waals surface area contributed by atoms with Crippen LogP contribution in [0.15, 0.2) is 0 Å². The van der Waals surface area contributed by atoms with Gasteiger partial charge >= 0.3 is 12.2 Å². The molecule has 0 aromatic carbocycles. The Hall–Kier alpha value is -1.99. The summed E-state index contributed by atoms with van der Waals surface area (Å²) in [6.45, 7) is 5.19. The topological polar surface area (TPSA) is 131 Å². The molecule has 0 aliphatic heterocycles. The van der Waals surface area contributed by atoms with Crippen molar-refractivity contribution < 1.29 is 24.2 Å². The smallest absolute Gasteiger partial charge is 0.407 e. The standard InChI is InChI=1S/C13H23N3O5/c1-13(2,3)21-12(20)16-9-6-7(10(14)17)4-5-8(9)15-11(18)19/h7-9,15H,4-6H2,1-3H3,(H2,14,17)(H,16,20)(H,18,19)/t7-,8-,9+/m0/s1. The quantitative estimate of drug-likeness (QED) is 0.612. The highest BCUT2D eigenvalue weighted by Gasteiger charge is 2.35. The molecular formula is C13H23N3O5. The van der Waals surface area contributed by atoms with Gasteiger partial charge in [-0.25, -0.2) is 9.59 Å². The Bertz CT molecular complexity index is 419. The van der Waals surface area contributed by atoms with Crippen molar-refractivity contribution >= 4 is 18.1 Å². The van der Waals surface area contributed by atoms with Gasteiger partial charge in [-0.2, -0.15) is 0 Å². The minimum atomic E-state index is -1.17. The van der Waals surface area contributed by atoms with Crippen molar-refractivity contribution in [3.8, 4) is 0 Å². The fourth-order valence-corrected chi connectivity index (χ4v) is 2.38. The van der Waals surface area contributed by atoms with E-state index in [2.05, 4.69) is 10.6 Å². The number of hydrogen-bond acceptors (Lipinski definition) is 4. The number of nitrogens with one attached hydrogen (secondary N) is 2. The summed E-state index contributed by atoms with van der Waals surface area (Å²) < 4.78 is 5.15. The molecule has 0 spiro atoms. The molecule has 5 N–H and O–H groups in total. The van der Waals surface area contributed by atoms with Gasteiger partial charge in [-0.15, -0.1) is 0 Å². The van der Waals surface area contributed by atoms with E-state index >= 15 is 0 Å². The van der Waals surface area contributed by atoms with Gasteiger partial charge in [-0.05, 0) is 40.0 Å². The summed E-state index contributed by atoms with van der Waals surface area (Å²) in [6.07, 6.45) is -0.601. The number of alkyl carbamates (subject to hydrolysis) is 1. The molecule has 8 heteroatoms. The zero-order chi connectivity index (χ0) is 16.2. The summed E-state index contributed by atoms with van der Waals surface area (Å²) >= 11 is 0. The first-order valence-corrected chi connectivity index (χ1v) is 6.87. The summed E-state index contributed by atoms with van der Waals surface area (Å²) in [5.41, 5.74) is 4.63. The van der Waals surface area contributed by atoms with Gasteiger partial charge in [-0.3, -0.25) is 4.79 Å². The van der Waals surface area contributed by atoms with Crippen LogP contribution in [0.25, 0.3) is 0 Å². The van der Waals surface area contributed by atoms with Gasteiger partial charge in [0, 0.05) is 5.92 Å². The average Bonchev–Trinajstić information content (AvgIpc) is 2.27. The van der Waals surface area contributed by atoms with Gasteiger partial charge < -0.3 is 26.2 Å². The van der Waals surface area contributed by atoms with Crippen LogP contribution in [0.1, 0.15) is 40.0 Å². The zero-order valence-electron chi connectivity index (χ0n) is 12.5. The van der Waals surface area contributed by atoms with Crippen molar-refractivity contribution in [3.63, 3.8) is 0 Å². The molecule has 1 saturated carbocycles. The van der Waals surface area contributed by atoms with Crippen LogP contribution in [-0.4, -0.2) is 40.9 Å². The number of primary amides is 1. The SMILES string of the molecule is CC(C)(C)OC(=O)N[C@@H]1C[C@@H](C(N)=O)CC[C@@H]1NC(=O)O. The van der Waals surface area contributed by atoms with Crippen LogP contribution in [0, 0.1) is 5.92 Å². The van der Waals surface area contributed by atoms with Crippen LogP contribution < -0.4 is 16.4 Å². The Morgan fingerprint density at radius 1 is 1.14 bits per heavy atom. The van der Waals surface area contributed by atoms with Gasteiger partial charge in [0.1, 0.15) is 5.60 Å². The fraction of sp³-hybridized carbons (Fsp3) is 0.769. The van der Waals surface area contributed by atoms with Crippen molar-refractivity contribution in [2.45, 2.75) is 57.7 Å². The largest absolute Gasteiger partial charge is 0.465 e. The summed E-state index contributed by atoms with van der Waals surface area (Å²) in [4.78, 5) is 33.9. The Balaban J connectivity index is 2.71. The fourth-order valence-electron chi connectivity index (χ4n) is 2.38. The molecule has 0 unspecified atom stereocenters. The first-order chi connectivity index (χ1) is 9.58. The number of rotatable bonds is 3. The molecular weight excluding hydrogens is 278 g/mol. The second-order valence-corrected chi connectivity index (χ2v) is 6.22. The van der Waals surface area contributed by atoms with Crippen molar-refractivity contribution in [3.05, 3.63) is 0 Å². The number of carbonyl (C=O) groups is 3. The molecule has 3 amide bonds. The third kappa shape index (κ3) is 5.88. The Morgan fingerprint density at radius 3 is 2.24 bits per heavy atom. The highest BCUT2D eigenvalue weighted by molar-refractivity contribution is 5.77. The Kier molecular flexibility index (Phi) is 5.40. The number of ether oxygens (including phenoxy) is 1. The lowest BCUT2D eigenvalue weighted by atomic mass is 9.82. The molecule has 0 radical (unpaired) electrons. The lowest BCUT2D eigenvalue weighted by Crippen LogP contribution is -2.56. The molecule has 1 rings (SSSR count). The second kappa shape index (κ2) is 6.64. The predicted octanol–water partition coefficient (Wildman–Crippen LogP) is 0.801. The van der Waals surface area contributed by atoms with E-state index in [0.717, 1.165) is 0 Å². The number of hydrogen-bond donors (Lipinski definition) is 4. The monoisotopic (exact) mass is 301 g/mol. The summed E-state index contributed by atoms with van der Waals surface area (Å²) in [7, 11) is 0. The molecule has 120 valence electrons. The summed E-state index contributed by atoms with van der Waals surface area (Å²) in [6, 6.07) is -0.993. The number of carbonyl (C=O) groups excluding carboxylic acids is 2. The van der Waals surface area contributed by atoms with Crippen LogP contribution in [-0.2, 0) is 9.53 Å². The maximum Gasteiger partial charge on any atom is 0.407 e.